The molecule has 2 aromatic heterocycles. The highest BCUT2D eigenvalue weighted by Crippen LogP contribution is 2.20. The standard InChI is InChI=1S/C15H13N3O2/c1-18(11-6-3-2-4-7-11)15(19)13-10-12(16-17-13)14-8-5-9-20-14/h2-10H,1H3,(H,16,17). The molecule has 1 N–H and O–H groups in total. The summed E-state index contributed by atoms with van der Waals surface area (Å²) in [7, 11) is 1.72. The summed E-state index contributed by atoms with van der Waals surface area (Å²) in [6, 6.07) is 14.7. The lowest BCUT2D eigenvalue weighted by Gasteiger charge is -2.15. The summed E-state index contributed by atoms with van der Waals surface area (Å²) in [5.74, 6) is 0.476. The van der Waals surface area contributed by atoms with E-state index in [0.717, 1.165) is 5.69 Å². The topological polar surface area (TPSA) is 62.1 Å². The van der Waals surface area contributed by atoms with Crippen molar-refractivity contribution in [2.24, 2.45) is 0 Å². The van der Waals surface area contributed by atoms with Gasteiger partial charge in [-0.2, -0.15) is 5.10 Å². The second kappa shape index (κ2) is 5.05. The number of carbonyl (C=O) groups is 1. The van der Waals surface area contributed by atoms with E-state index < -0.39 is 0 Å². The normalized spacial score (nSPS) is 10.4. The van der Waals surface area contributed by atoms with Gasteiger partial charge in [-0.15, -0.1) is 0 Å². The molecule has 100 valence electrons. The van der Waals surface area contributed by atoms with E-state index in [0.29, 0.717) is 17.1 Å². The molecule has 0 saturated heterocycles. The number of hydrogen-bond acceptors (Lipinski definition) is 3. The largest absolute Gasteiger partial charge is 0.463 e. The third-order valence-electron chi connectivity index (χ3n) is 3.03. The fraction of sp³-hybridized carbons (Fsp3) is 0.0667. The van der Waals surface area contributed by atoms with Crippen LogP contribution in [0.4, 0.5) is 5.69 Å². The van der Waals surface area contributed by atoms with Crippen LogP contribution in [0, 0.1) is 0 Å². The number of furan rings is 1. The third kappa shape index (κ3) is 2.21. The van der Waals surface area contributed by atoms with E-state index in [2.05, 4.69) is 10.2 Å². The van der Waals surface area contributed by atoms with Crippen LogP contribution in [0.1, 0.15) is 10.5 Å². The van der Waals surface area contributed by atoms with Crippen molar-refractivity contribution in [1.82, 2.24) is 10.2 Å². The number of nitrogens with zero attached hydrogens (tertiary/aromatic N) is 2. The van der Waals surface area contributed by atoms with Gasteiger partial charge in [-0.1, -0.05) is 18.2 Å². The monoisotopic (exact) mass is 267 g/mol. The molecule has 2 heterocycles. The highest BCUT2D eigenvalue weighted by molar-refractivity contribution is 6.04. The number of nitrogens with one attached hydrogen (secondary N) is 1. The lowest BCUT2D eigenvalue weighted by Crippen LogP contribution is -2.26. The molecule has 3 aromatic rings. The number of aromatic amines is 1. The fourth-order valence-electron chi connectivity index (χ4n) is 1.93. The Balaban J connectivity index is 1.85. The second-order valence-electron chi connectivity index (χ2n) is 4.34. The minimum absolute atomic E-state index is 0.176. The van der Waals surface area contributed by atoms with Crippen LogP contribution in [-0.2, 0) is 0 Å². The van der Waals surface area contributed by atoms with Crippen molar-refractivity contribution in [3.05, 3.63) is 60.5 Å². The van der Waals surface area contributed by atoms with E-state index in [4.69, 9.17) is 4.42 Å². The van der Waals surface area contributed by atoms with Gasteiger partial charge in [0.25, 0.3) is 5.91 Å². The Bertz CT molecular complexity index is 702. The van der Waals surface area contributed by atoms with Gasteiger partial charge in [0.2, 0.25) is 0 Å². The van der Waals surface area contributed by atoms with E-state index in [1.165, 1.54) is 0 Å². The smallest absolute Gasteiger partial charge is 0.278 e. The number of benzene rings is 1. The molecule has 20 heavy (non-hydrogen) atoms. The molecule has 3 rings (SSSR count). The van der Waals surface area contributed by atoms with Crippen LogP contribution < -0.4 is 4.90 Å². The Morgan fingerprint density at radius 3 is 2.70 bits per heavy atom. The average Bonchev–Trinajstić information content (AvgIpc) is 3.17. The number of carbonyl (C=O) groups excluding carboxylic acids is 1. The Kier molecular flexibility index (Phi) is 3.09. The number of hydrogen-bond donors (Lipinski definition) is 1. The Labute approximate surface area is 115 Å². The maximum atomic E-state index is 12.3. The highest BCUT2D eigenvalue weighted by atomic mass is 16.3. The van der Waals surface area contributed by atoms with Crippen molar-refractivity contribution in [2.75, 3.05) is 11.9 Å². The van der Waals surface area contributed by atoms with Crippen LogP contribution in [-0.4, -0.2) is 23.2 Å². The molecule has 0 aliphatic rings. The van der Waals surface area contributed by atoms with E-state index in [9.17, 15) is 4.79 Å². The number of para-hydroxylation sites is 1. The summed E-state index contributed by atoms with van der Waals surface area (Å²) in [6.07, 6.45) is 1.58. The van der Waals surface area contributed by atoms with Gasteiger partial charge in [-0.3, -0.25) is 9.89 Å². The SMILES string of the molecule is CN(C(=O)c1cc(-c2ccco2)[nH]n1)c1ccccc1. The summed E-state index contributed by atoms with van der Waals surface area (Å²) in [6.45, 7) is 0. The van der Waals surface area contributed by atoms with Crippen LogP contribution in [0.5, 0.6) is 0 Å². The summed E-state index contributed by atoms with van der Waals surface area (Å²) in [5, 5.41) is 6.85. The molecule has 5 heteroatoms. The van der Waals surface area contributed by atoms with Gasteiger partial charge in [0.1, 0.15) is 5.69 Å². The molecule has 5 nitrogen and oxygen atoms in total. The molecule has 0 unspecified atom stereocenters. The first-order valence-electron chi connectivity index (χ1n) is 6.18. The summed E-state index contributed by atoms with van der Waals surface area (Å²) in [5.41, 5.74) is 1.85. The Morgan fingerprint density at radius 2 is 2.00 bits per heavy atom. The first-order chi connectivity index (χ1) is 9.75. The highest BCUT2D eigenvalue weighted by Gasteiger charge is 2.17. The van der Waals surface area contributed by atoms with Crippen LogP contribution in [0.25, 0.3) is 11.5 Å². The van der Waals surface area contributed by atoms with Crippen molar-refractivity contribution < 1.29 is 9.21 Å². The minimum Gasteiger partial charge on any atom is -0.463 e. The van der Waals surface area contributed by atoms with E-state index in [1.54, 1.807) is 30.3 Å². The maximum absolute atomic E-state index is 12.3. The predicted octanol–water partition coefficient (Wildman–Crippen LogP) is 2.95. The van der Waals surface area contributed by atoms with Crippen LogP contribution in [0.2, 0.25) is 0 Å². The number of amides is 1. The molecule has 1 amide bonds. The summed E-state index contributed by atoms with van der Waals surface area (Å²) in [4.78, 5) is 13.9. The molecule has 0 spiro atoms. The molecule has 1 aromatic carbocycles. The fourth-order valence-corrected chi connectivity index (χ4v) is 1.93. The number of anilines is 1. The predicted molar refractivity (Wildman–Crippen MR) is 75.5 cm³/mol. The lowest BCUT2D eigenvalue weighted by atomic mass is 10.2. The van der Waals surface area contributed by atoms with Crippen LogP contribution in [0.3, 0.4) is 0 Å². The molecular weight excluding hydrogens is 254 g/mol. The zero-order chi connectivity index (χ0) is 13.9. The van der Waals surface area contributed by atoms with Crippen molar-refractivity contribution in [2.45, 2.75) is 0 Å². The number of rotatable bonds is 3. The van der Waals surface area contributed by atoms with Crippen molar-refractivity contribution in [3.63, 3.8) is 0 Å². The third-order valence-corrected chi connectivity index (χ3v) is 3.03. The lowest BCUT2D eigenvalue weighted by molar-refractivity contribution is 0.0988. The number of H-pyrrole nitrogens is 1. The van der Waals surface area contributed by atoms with Gasteiger partial charge in [-0.25, -0.2) is 0 Å². The van der Waals surface area contributed by atoms with Crippen LogP contribution >= 0.6 is 0 Å². The molecule has 0 saturated carbocycles. The minimum atomic E-state index is -0.176. The summed E-state index contributed by atoms with van der Waals surface area (Å²) < 4.78 is 5.26. The van der Waals surface area contributed by atoms with Gasteiger partial charge in [0, 0.05) is 18.8 Å². The second-order valence-corrected chi connectivity index (χ2v) is 4.34. The molecule has 0 aliphatic heterocycles. The molecular formula is C15H13N3O2. The van der Waals surface area contributed by atoms with Crippen molar-refractivity contribution in [3.8, 4) is 11.5 Å². The van der Waals surface area contributed by atoms with E-state index >= 15 is 0 Å². The zero-order valence-electron chi connectivity index (χ0n) is 10.9. The molecule has 0 aliphatic carbocycles. The van der Waals surface area contributed by atoms with Crippen LogP contribution in [0.15, 0.2) is 59.2 Å². The van der Waals surface area contributed by atoms with Gasteiger partial charge >= 0.3 is 0 Å². The first-order valence-corrected chi connectivity index (χ1v) is 6.18. The molecule has 0 bridgehead atoms. The zero-order valence-corrected chi connectivity index (χ0v) is 10.9. The molecule has 0 radical (unpaired) electrons. The van der Waals surface area contributed by atoms with Gasteiger partial charge in [0.05, 0.1) is 6.26 Å². The Hall–Kier alpha value is -2.82. The molecule has 0 fully saturated rings. The maximum Gasteiger partial charge on any atom is 0.278 e. The van der Waals surface area contributed by atoms with Gasteiger partial charge in [0.15, 0.2) is 11.5 Å². The van der Waals surface area contributed by atoms with Crippen molar-refractivity contribution >= 4 is 11.6 Å². The number of aromatic nitrogens is 2. The summed E-state index contributed by atoms with van der Waals surface area (Å²) >= 11 is 0. The average molecular weight is 267 g/mol. The quantitative estimate of drug-likeness (QED) is 0.793. The van der Waals surface area contributed by atoms with E-state index in [1.807, 2.05) is 36.4 Å². The van der Waals surface area contributed by atoms with Gasteiger partial charge < -0.3 is 9.32 Å². The van der Waals surface area contributed by atoms with Gasteiger partial charge in [-0.05, 0) is 24.3 Å². The van der Waals surface area contributed by atoms with E-state index in [-0.39, 0.29) is 5.91 Å². The molecule has 0 atom stereocenters. The first kappa shape index (κ1) is 12.2. The van der Waals surface area contributed by atoms with Crippen molar-refractivity contribution in [1.29, 1.82) is 0 Å². The Morgan fingerprint density at radius 1 is 1.20 bits per heavy atom.